The first kappa shape index (κ1) is 17.7. The van der Waals surface area contributed by atoms with E-state index in [-0.39, 0.29) is 10.9 Å². The van der Waals surface area contributed by atoms with Gasteiger partial charge in [-0.1, -0.05) is 6.92 Å². The number of aryl methyl sites for hydroxylation is 1. The van der Waals surface area contributed by atoms with E-state index in [4.69, 9.17) is 0 Å². The molecule has 3 rings (SSSR count). The fraction of sp³-hybridized carbons (Fsp3) is 0.500. The number of hydrogen-bond donors (Lipinski definition) is 2. The molecule has 1 aliphatic rings. The summed E-state index contributed by atoms with van der Waals surface area (Å²) in [5.41, 5.74) is 1.45. The molecule has 0 bridgehead atoms. The number of carbonyl (C=O) groups excluding carboxylic acids is 1. The average Bonchev–Trinajstić information content (AvgIpc) is 2.98. The van der Waals surface area contributed by atoms with Gasteiger partial charge in [0, 0.05) is 32.7 Å². The number of nitrogens with one attached hydrogen (secondary N) is 2. The van der Waals surface area contributed by atoms with Crippen LogP contribution in [0, 0.1) is 6.92 Å². The zero-order chi connectivity index (χ0) is 18.0. The highest BCUT2D eigenvalue weighted by Crippen LogP contribution is 2.21. The molecule has 0 spiro atoms. The van der Waals surface area contributed by atoms with Crippen LogP contribution in [0.4, 0.5) is 4.79 Å². The number of piperazine rings is 1. The van der Waals surface area contributed by atoms with E-state index < -0.39 is 10.0 Å². The Balaban J connectivity index is 1.71. The van der Waals surface area contributed by atoms with Crippen LogP contribution >= 0.6 is 0 Å². The van der Waals surface area contributed by atoms with E-state index in [1.165, 1.54) is 4.31 Å². The van der Waals surface area contributed by atoms with Crippen LogP contribution in [0.3, 0.4) is 0 Å². The second kappa shape index (κ2) is 7.01. The Bertz CT molecular complexity index is 869. The molecule has 1 aliphatic heterocycles. The van der Waals surface area contributed by atoms with Gasteiger partial charge in [0.2, 0.25) is 10.0 Å². The molecular formula is C16H23N5O3S. The highest BCUT2D eigenvalue weighted by atomic mass is 32.2. The SMILES string of the molecule is CCCNC(=O)N1CCN(S(=O)(=O)c2ccc3nc(C)[nH]c3c2)CC1. The van der Waals surface area contributed by atoms with Crippen molar-refractivity contribution in [3.05, 3.63) is 24.0 Å². The summed E-state index contributed by atoms with van der Waals surface area (Å²) < 4.78 is 27.1. The van der Waals surface area contributed by atoms with Crippen molar-refractivity contribution in [1.29, 1.82) is 0 Å². The fourth-order valence-electron chi connectivity index (χ4n) is 2.90. The van der Waals surface area contributed by atoms with Crippen molar-refractivity contribution in [2.75, 3.05) is 32.7 Å². The number of carbonyl (C=O) groups is 1. The van der Waals surface area contributed by atoms with Crippen LogP contribution in [0.2, 0.25) is 0 Å². The standard InChI is InChI=1S/C16H23N5O3S/c1-3-6-17-16(22)20-7-9-21(10-8-20)25(23,24)13-4-5-14-15(11-13)19-12(2)18-14/h4-5,11H,3,6-10H2,1-2H3,(H,17,22)(H,18,19). The Morgan fingerprint density at radius 1 is 1.28 bits per heavy atom. The van der Waals surface area contributed by atoms with Crippen molar-refractivity contribution in [3.8, 4) is 0 Å². The molecule has 2 amide bonds. The van der Waals surface area contributed by atoms with Crippen LogP contribution in [-0.2, 0) is 10.0 Å². The number of benzene rings is 1. The van der Waals surface area contributed by atoms with Crippen LogP contribution in [0.25, 0.3) is 11.0 Å². The smallest absolute Gasteiger partial charge is 0.317 e. The van der Waals surface area contributed by atoms with Crippen molar-refractivity contribution in [1.82, 2.24) is 24.5 Å². The van der Waals surface area contributed by atoms with Gasteiger partial charge in [-0.15, -0.1) is 0 Å². The first-order valence-corrected chi connectivity index (χ1v) is 9.85. The molecular weight excluding hydrogens is 342 g/mol. The number of amides is 2. The predicted molar refractivity (Wildman–Crippen MR) is 94.9 cm³/mol. The molecule has 2 N–H and O–H groups in total. The van der Waals surface area contributed by atoms with Gasteiger partial charge in [0.05, 0.1) is 15.9 Å². The zero-order valence-corrected chi connectivity index (χ0v) is 15.3. The van der Waals surface area contributed by atoms with E-state index in [9.17, 15) is 13.2 Å². The Morgan fingerprint density at radius 2 is 2.00 bits per heavy atom. The second-order valence-corrected chi connectivity index (χ2v) is 8.06. The molecule has 0 atom stereocenters. The molecule has 1 aromatic heterocycles. The van der Waals surface area contributed by atoms with Gasteiger partial charge < -0.3 is 15.2 Å². The molecule has 136 valence electrons. The predicted octanol–water partition coefficient (Wildman–Crippen LogP) is 1.30. The summed E-state index contributed by atoms with van der Waals surface area (Å²) in [6.45, 7) is 5.81. The van der Waals surface area contributed by atoms with Crippen LogP contribution in [0.5, 0.6) is 0 Å². The summed E-state index contributed by atoms with van der Waals surface area (Å²) in [7, 11) is -3.58. The summed E-state index contributed by atoms with van der Waals surface area (Å²) in [6, 6.07) is 4.77. The van der Waals surface area contributed by atoms with Crippen LogP contribution in [0.15, 0.2) is 23.1 Å². The van der Waals surface area contributed by atoms with E-state index in [2.05, 4.69) is 15.3 Å². The van der Waals surface area contributed by atoms with Crippen LogP contribution in [0.1, 0.15) is 19.2 Å². The number of rotatable bonds is 4. The fourth-order valence-corrected chi connectivity index (χ4v) is 4.35. The summed E-state index contributed by atoms with van der Waals surface area (Å²) in [6.07, 6.45) is 0.871. The third kappa shape index (κ3) is 3.62. The molecule has 2 heterocycles. The van der Waals surface area contributed by atoms with E-state index in [0.717, 1.165) is 17.8 Å². The molecule has 1 aromatic carbocycles. The third-order valence-electron chi connectivity index (χ3n) is 4.26. The largest absolute Gasteiger partial charge is 0.342 e. The van der Waals surface area contributed by atoms with Gasteiger partial charge in [-0.05, 0) is 31.5 Å². The number of nitrogens with zero attached hydrogens (tertiary/aromatic N) is 3. The lowest BCUT2D eigenvalue weighted by Crippen LogP contribution is -2.53. The number of H-pyrrole nitrogens is 1. The van der Waals surface area contributed by atoms with E-state index in [1.54, 1.807) is 23.1 Å². The number of hydrogen-bond acceptors (Lipinski definition) is 4. The molecule has 0 radical (unpaired) electrons. The normalized spacial score (nSPS) is 16.3. The van der Waals surface area contributed by atoms with Crippen molar-refractivity contribution in [2.24, 2.45) is 0 Å². The second-order valence-electron chi connectivity index (χ2n) is 6.12. The van der Waals surface area contributed by atoms with Gasteiger partial charge >= 0.3 is 6.03 Å². The Labute approximate surface area is 147 Å². The van der Waals surface area contributed by atoms with Gasteiger partial charge in [-0.3, -0.25) is 0 Å². The topological polar surface area (TPSA) is 98.4 Å². The molecule has 0 unspecified atom stereocenters. The van der Waals surface area contributed by atoms with Gasteiger partial charge in [0.1, 0.15) is 5.82 Å². The Kier molecular flexibility index (Phi) is 4.96. The number of imidazole rings is 1. The summed E-state index contributed by atoms with van der Waals surface area (Å²) in [4.78, 5) is 21.2. The average molecular weight is 365 g/mol. The minimum atomic E-state index is -3.58. The highest BCUT2D eigenvalue weighted by Gasteiger charge is 2.30. The molecule has 0 aliphatic carbocycles. The van der Waals surface area contributed by atoms with Crippen molar-refractivity contribution in [3.63, 3.8) is 0 Å². The maximum Gasteiger partial charge on any atom is 0.317 e. The number of urea groups is 1. The zero-order valence-electron chi connectivity index (χ0n) is 14.4. The van der Waals surface area contributed by atoms with Gasteiger partial charge in [0.25, 0.3) is 0 Å². The maximum absolute atomic E-state index is 12.9. The van der Waals surface area contributed by atoms with Crippen molar-refractivity contribution >= 4 is 27.1 Å². The van der Waals surface area contributed by atoms with Crippen LogP contribution in [-0.4, -0.2) is 66.3 Å². The highest BCUT2D eigenvalue weighted by molar-refractivity contribution is 7.89. The molecule has 25 heavy (non-hydrogen) atoms. The van der Waals surface area contributed by atoms with Gasteiger partial charge in [-0.25, -0.2) is 18.2 Å². The third-order valence-corrected chi connectivity index (χ3v) is 6.16. The number of fused-ring (bicyclic) bond motifs is 1. The number of aromatic nitrogens is 2. The maximum atomic E-state index is 12.9. The molecule has 1 fully saturated rings. The minimum Gasteiger partial charge on any atom is -0.342 e. The summed E-state index contributed by atoms with van der Waals surface area (Å²) >= 11 is 0. The minimum absolute atomic E-state index is 0.131. The Morgan fingerprint density at radius 3 is 2.68 bits per heavy atom. The van der Waals surface area contributed by atoms with E-state index in [1.807, 2.05) is 13.8 Å². The molecule has 8 nitrogen and oxygen atoms in total. The Hall–Kier alpha value is -2.13. The van der Waals surface area contributed by atoms with E-state index in [0.29, 0.717) is 38.2 Å². The lowest BCUT2D eigenvalue weighted by atomic mass is 10.3. The van der Waals surface area contributed by atoms with Crippen molar-refractivity contribution < 1.29 is 13.2 Å². The molecule has 0 saturated carbocycles. The molecule has 9 heteroatoms. The summed E-state index contributed by atoms with van der Waals surface area (Å²) in [5, 5.41) is 2.82. The lowest BCUT2D eigenvalue weighted by Gasteiger charge is -2.34. The lowest BCUT2D eigenvalue weighted by molar-refractivity contribution is 0.172. The first-order chi connectivity index (χ1) is 11.9. The first-order valence-electron chi connectivity index (χ1n) is 8.41. The number of sulfonamides is 1. The van der Waals surface area contributed by atoms with E-state index >= 15 is 0 Å². The van der Waals surface area contributed by atoms with Crippen LogP contribution < -0.4 is 5.32 Å². The monoisotopic (exact) mass is 365 g/mol. The summed E-state index contributed by atoms with van der Waals surface area (Å²) in [5.74, 6) is 0.747. The quantitative estimate of drug-likeness (QED) is 0.853. The van der Waals surface area contributed by atoms with Crippen molar-refractivity contribution in [2.45, 2.75) is 25.2 Å². The van der Waals surface area contributed by atoms with Gasteiger partial charge in [0.15, 0.2) is 0 Å². The molecule has 2 aromatic rings. The van der Waals surface area contributed by atoms with Gasteiger partial charge in [-0.2, -0.15) is 4.31 Å². The number of aromatic amines is 1. The molecule has 1 saturated heterocycles.